The maximum Gasteiger partial charge on any atom is 0.213 e. The van der Waals surface area contributed by atoms with E-state index in [1.54, 1.807) is 0 Å². The Morgan fingerprint density at radius 3 is 2.84 bits per heavy atom. The van der Waals surface area contributed by atoms with Crippen LogP contribution in [0.1, 0.15) is 24.4 Å². The molecule has 0 saturated carbocycles. The van der Waals surface area contributed by atoms with Crippen molar-refractivity contribution in [2.45, 2.75) is 19.5 Å². The molecule has 1 unspecified atom stereocenters. The summed E-state index contributed by atoms with van der Waals surface area (Å²) >= 11 is 0. The quantitative estimate of drug-likeness (QED) is 0.850. The molecule has 0 aliphatic rings. The van der Waals surface area contributed by atoms with E-state index in [1.807, 2.05) is 37.3 Å². The summed E-state index contributed by atoms with van der Waals surface area (Å²) in [4.78, 5) is 3.94. The van der Waals surface area contributed by atoms with Gasteiger partial charge in [0.2, 0.25) is 6.39 Å². The third-order valence-electron chi connectivity index (χ3n) is 2.66. The average molecular weight is 258 g/mol. The molecule has 0 fully saturated rings. The number of ether oxygens (including phenoxy) is 1. The van der Waals surface area contributed by atoms with E-state index in [0.717, 1.165) is 5.56 Å². The predicted molar refractivity (Wildman–Crippen MR) is 67.1 cm³/mol. The van der Waals surface area contributed by atoms with Crippen molar-refractivity contribution in [3.05, 3.63) is 42.0 Å². The highest BCUT2D eigenvalue weighted by Crippen LogP contribution is 2.17. The van der Waals surface area contributed by atoms with Crippen molar-refractivity contribution in [2.24, 2.45) is 0 Å². The Balaban J connectivity index is 1.88. The molecule has 2 rings (SSSR count). The fraction of sp³-hybridized carbons (Fsp3) is 0.308. The fourth-order valence-corrected chi connectivity index (χ4v) is 1.60. The second-order valence-corrected chi connectivity index (χ2v) is 3.97. The molecule has 1 atom stereocenters. The number of benzene rings is 1. The number of nitrogens with zero attached hydrogens (tertiary/aromatic N) is 3. The zero-order valence-electron chi connectivity index (χ0n) is 10.5. The van der Waals surface area contributed by atoms with Crippen molar-refractivity contribution < 1.29 is 9.26 Å². The van der Waals surface area contributed by atoms with Gasteiger partial charge < -0.3 is 14.6 Å². The second kappa shape index (κ2) is 6.52. The molecule has 0 aliphatic carbocycles. The first kappa shape index (κ1) is 13.1. The first-order valence-corrected chi connectivity index (χ1v) is 5.88. The lowest BCUT2D eigenvalue weighted by Gasteiger charge is -2.13. The third kappa shape index (κ3) is 3.79. The van der Waals surface area contributed by atoms with Crippen LogP contribution in [-0.2, 0) is 6.54 Å². The molecule has 6 nitrogen and oxygen atoms in total. The molecule has 1 heterocycles. The lowest BCUT2D eigenvalue weighted by atomic mass is 10.1. The van der Waals surface area contributed by atoms with E-state index < -0.39 is 0 Å². The molecule has 1 aromatic heterocycles. The summed E-state index contributed by atoms with van der Waals surface area (Å²) in [5.41, 5.74) is 1.12. The van der Waals surface area contributed by atoms with Crippen LogP contribution in [0.25, 0.3) is 0 Å². The van der Waals surface area contributed by atoms with Crippen LogP contribution in [0.2, 0.25) is 0 Å². The molecule has 2 aromatic rings. The Morgan fingerprint density at radius 1 is 1.42 bits per heavy atom. The van der Waals surface area contributed by atoms with Crippen molar-refractivity contribution in [1.82, 2.24) is 15.5 Å². The van der Waals surface area contributed by atoms with Gasteiger partial charge in [0.1, 0.15) is 11.8 Å². The van der Waals surface area contributed by atoms with Crippen LogP contribution in [0.15, 0.2) is 35.2 Å². The SMILES string of the molecule is CC(NCc1ncon1)c1ccc(OCC#N)cc1. The maximum atomic E-state index is 8.43. The van der Waals surface area contributed by atoms with E-state index in [0.29, 0.717) is 18.1 Å². The van der Waals surface area contributed by atoms with Crippen LogP contribution >= 0.6 is 0 Å². The molecule has 1 N–H and O–H groups in total. The van der Waals surface area contributed by atoms with E-state index >= 15 is 0 Å². The number of rotatable bonds is 6. The van der Waals surface area contributed by atoms with Gasteiger partial charge in [-0.2, -0.15) is 10.2 Å². The van der Waals surface area contributed by atoms with E-state index in [2.05, 4.69) is 20.0 Å². The maximum absolute atomic E-state index is 8.43. The molecule has 0 radical (unpaired) electrons. The van der Waals surface area contributed by atoms with Crippen LogP contribution in [-0.4, -0.2) is 16.7 Å². The Bertz CT molecular complexity index is 531. The fourth-order valence-electron chi connectivity index (χ4n) is 1.60. The summed E-state index contributed by atoms with van der Waals surface area (Å²) in [5.74, 6) is 1.32. The average Bonchev–Trinajstić information content (AvgIpc) is 2.96. The number of aromatic nitrogens is 2. The summed E-state index contributed by atoms with van der Waals surface area (Å²) in [6.45, 7) is 2.65. The molecular weight excluding hydrogens is 244 g/mol. The molecule has 19 heavy (non-hydrogen) atoms. The van der Waals surface area contributed by atoms with Gasteiger partial charge >= 0.3 is 0 Å². The second-order valence-electron chi connectivity index (χ2n) is 3.97. The van der Waals surface area contributed by atoms with Crippen LogP contribution in [0.3, 0.4) is 0 Å². The van der Waals surface area contributed by atoms with Gasteiger partial charge in [0, 0.05) is 6.04 Å². The number of hydrogen-bond acceptors (Lipinski definition) is 6. The minimum Gasteiger partial charge on any atom is -0.479 e. The largest absolute Gasteiger partial charge is 0.479 e. The number of hydrogen-bond donors (Lipinski definition) is 1. The summed E-state index contributed by atoms with van der Waals surface area (Å²) in [7, 11) is 0. The smallest absolute Gasteiger partial charge is 0.213 e. The summed E-state index contributed by atoms with van der Waals surface area (Å²) in [6.07, 6.45) is 1.31. The van der Waals surface area contributed by atoms with Gasteiger partial charge in [0.15, 0.2) is 12.4 Å². The first-order valence-electron chi connectivity index (χ1n) is 5.88. The molecule has 0 bridgehead atoms. The summed E-state index contributed by atoms with van der Waals surface area (Å²) in [5, 5.41) is 15.4. The van der Waals surface area contributed by atoms with Crippen LogP contribution in [0.4, 0.5) is 0 Å². The molecule has 6 heteroatoms. The van der Waals surface area contributed by atoms with Gasteiger partial charge in [-0.25, -0.2) is 0 Å². The number of nitrogens with one attached hydrogen (secondary N) is 1. The monoisotopic (exact) mass is 258 g/mol. The lowest BCUT2D eigenvalue weighted by molar-refractivity contribution is 0.368. The molecule has 1 aromatic carbocycles. The van der Waals surface area contributed by atoms with Gasteiger partial charge in [-0.15, -0.1) is 0 Å². The lowest BCUT2D eigenvalue weighted by Crippen LogP contribution is -2.18. The zero-order valence-corrected chi connectivity index (χ0v) is 10.5. The highest BCUT2D eigenvalue weighted by Gasteiger charge is 2.06. The summed E-state index contributed by atoms with van der Waals surface area (Å²) < 4.78 is 9.86. The summed E-state index contributed by atoms with van der Waals surface area (Å²) in [6, 6.07) is 9.70. The standard InChI is InChI=1S/C13H14N4O2/c1-10(15-8-13-16-9-19-17-13)11-2-4-12(5-3-11)18-7-6-14/h2-5,9-10,15H,7-8H2,1H3. The topological polar surface area (TPSA) is 84.0 Å². The first-order chi connectivity index (χ1) is 9.29. The molecule has 0 saturated heterocycles. The highest BCUT2D eigenvalue weighted by molar-refractivity contribution is 5.29. The van der Waals surface area contributed by atoms with Crippen LogP contribution in [0, 0.1) is 11.3 Å². The zero-order chi connectivity index (χ0) is 13.5. The normalized spacial score (nSPS) is 11.8. The molecule has 0 spiro atoms. The molecule has 0 amide bonds. The number of nitriles is 1. The van der Waals surface area contributed by atoms with Gasteiger partial charge in [0.25, 0.3) is 0 Å². The van der Waals surface area contributed by atoms with Crippen molar-refractivity contribution in [2.75, 3.05) is 6.61 Å². The Labute approximate surface area is 111 Å². The van der Waals surface area contributed by atoms with Crippen molar-refractivity contribution in [3.63, 3.8) is 0 Å². The van der Waals surface area contributed by atoms with E-state index in [4.69, 9.17) is 10.00 Å². The van der Waals surface area contributed by atoms with E-state index in [9.17, 15) is 0 Å². The highest BCUT2D eigenvalue weighted by atomic mass is 16.5. The van der Waals surface area contributed by atoms with Gasteiger partial charge in [0.05, 0.1) is 6.54 Å². The predicted octanol–water partition coefficient (Wildman–Crippen LogP) is 1.82. The van der Waals surface area contributed by atoms with Crippen molar-refractivity contribution in [1.29, 1.82) is 5.26 Å². The van der Waals surface area contributed by atoms with E-state index in [1.165, 1.54) is 6.39 Å². The van der Waals surface area contributed by atoms with Crippen molar-refractivity contribution >= 4 is 0 Å². The van der Waals surface area contributed by atoms with Gasteiger partial charge in [-0.3, -0.25) is 0 Å². The Hall–Kier alpha value is -2.39. The minimum atomic E-state index is 0.0605. The van der Waals surface area contributed by atoms with Crippen molar-refractivity contribution in [3.8, 4) is 11.8 Å². The van der Waals surface area contributed by atoms with Gasteiger partial charge in [-0.1, -0.05) is 17.3 Å². The van der Waals surface area contributed by atoms with E-state index in [-0.39, 0.29) is 12.6 Å². The molecule has 0 aliphatic heterocycles. The molecular formula is C13H14N4O2. The minimum absolute atomic E-state index is 0.0605. The van der Waals surface area contributed by atoms with Crippen LogP contribution < -0.4 is 10.1 Å². The Morgan fingerprint density at radius 2 is 2.21 bits per heavy atom. The van der Waals surface area contributed by atoms with Crippen LogP contribution in [0.5, 0.6) is 5.75 Å². The molecule has 98 valence electrons. The Kier molecular flexibility index (Phi) is 4.48. The van der Waals surface area contributed by atoms with Gasteiger partial charge in [-0.05, 0) is 24.6 Å². The third-order valence-corrected chi connectivity index (χ3v) is 2.66.